The van der Waals surface area contributed by atoms with E-state index in [1.165, 1.54) is 9.80 Å². The first-order valence-electron chi connectivity index (χ1n) is 6.66. The normalized spacial score (nSPS) is 11.3. The number of anilines is 1. The third kappa shape index (κ3) is 4.21. The number of carboxylic acids is 1. The van der Waals surface area contributed by atoms with E-state index in [4.69, 9.17) is 10.4 Å². The SMILES string of the molecule is CCN(CC(C)C(=O)O)C(=O)N(C)c1cccc(C#N)c1. The van der Waals surface area contributed by atoms with Crippen molar-refractivity contribution in [2.75, 3.05) is 25.0 Å². The number of carbonyl (C=O) groups is 2. The molecule has 0 aliphatic heterocycles. The molecule has 6 heteroatoms. The van der Waals surface area contributed by atoms with E-state index in [1.807, 2.05) is 6.07 Å². The maximum atomic E-state index is 12.4. The first-order valence-corrected chi connectivity index (χ1v) is 6.66. The fourth-order valence-corrected chi connectivity index (χ4v) is 1.86. The Morgan fingerprint density at radius 1 is 1.43 bits per heavy atom. The van der Waals surface area contributed by atoms with Crippen LogP contribution >= 0.6 is 0 Å². The number of amides is 2. The molecule has 0 radical (unpaired) electrons. The van der Waals surface area contributed by atoms with Crippen LogP contribution in [-0.4, -0.2) is 42.1 Å². The van der Waals surface area contributed by atoms with E-state index in [0.29, 0.717) is 17.8 Å². The van der Waals surface area contributed by atoms with Crippen LogP contribution in [0.4, 0.5) is 10.5 Å². The first-order chi connectivity index (χ1) is 9.90. The standard InChI is InChI=1S/C15H19N3O3/c1-4-18(10-11(2)14(19)20)15(21)17(3)13-7-5-6-12(8-13)9-16/h5-8,11H,4,10H2,1-3H3,(H,19,20). The van der Waals surface area contributed by atoms with E-state index in [1.54, 1.807) is 45.2 Å². The molecule has 0 fully saturated rings. The monoisotopic (exact) mass is 289 g/mol. The lowest BCUT2D eigenvalue weighted by atomic mass is 10.1. The summed E-state index contributed by atoms with van der Waals surface area (Å²) in [6.45, 7) is 3.92. The lowest BCUT2D eigenvalue weighted by Crippen LogP contribution is -2.44. The number of carboxylic acid groups (broad SMARTS) is 1. The van der Waals surface area contributed by atoms with Gasteiger partial charge in [0.1, 0.15) is 0 Å². The van der Waals surface area contributed by atoms with Gasteiger partial charge in [0.25, 0.3) is 0 Å². The average molecular weight is 289 g/mol. The van der Waals surface area contributed by atoms with E-state index < -0.39 is 11.9 Å². The summed E-state index contributed by atoms with van der Waals surface area (Å²) in [5, 5.41) is 17.8. The summed E-state index contributed by atoms with van der Waals surface area (Å²) in [7, 11) is 1.60. The minimum absolute atomic E-state index is 0.146. The minimum Gasteiger partial charge on any atom is -0.481 e. The molecule has 0 saturated heterocycles. The van der Waals surface area contributed by atoms with Crippen LogP contribution in [0.2, 0.25) is 0 Å². The molecular weight excluding hydrogens is 270 g/mol. The summed E-state index contributed by atoms with van der Waals surface area (Å²) in [5.74, 6) is -1.57. The quantitative estimate of drug-likeness (QED) is 0.900. The molecule has 1 N–H and O–H groups in total. The summed E-state index contributed by atoms with van der Waals surface area (Å²) >= 11 is 0. The Kier molecular flexibility index (Phi) is 5.73. The molecule has 6 nitrogen and oxygen atoms in total. The van der Waals surface area contributed by atoms with Crippen LogP contribution in [0.5, 0.6) is 0 Å². The van der Waals surface area contributed by atoms with Crippen molar-refractivity contribution in [1.29, 1.82) is 5.26 Å². The molecule has 0 aromatic heterocycles. The molecule has 1 atom stereocenters. The number of benzene rings is 1. The number of urea groups is 1. The minimum atomic E-state index is -0.935. The van der Waals surface area contributed by atoms with Gasteiger partial charge in [0.05, 0.1) is 17.6 Å². The highest BCUT2D eigenvalue weighted by atomic mass is 16.4. The fourth-order valence-electron chi connectivity index (χ4n) is 1.86. The van der Waals surface area contributed by atoms with Crippen molar-refractivity contribution in [3.05, 3.63) is 29.8 Å². The van der Waals surface area contributed by atoms with Crippen molar-refractivity contribution in [3.63, 3.8) is 0 Å². The largest absolute Gasteiger partial charge is 0.481 e. The topological polar surface area (TPSA) is 84.6 Å². The van der Waals surface area contributed by atoms with Crippen molar-refractivity contribution in [3.8, 4) is 6.07 Å². The van der Waals surface area contributed by atoms with Crippen molar-refractivity contribution in [1.82, 2.24) is 4.90 Å². The van der Waals surface area contributed by atoms with Gasteiger partial charge < -0.3 is 10.0 Å². The van der Waals surface area contributed by atoms with Crippen LogP contribution in [0.3, 0.4) is 0 Å². The van der Waals surface area contributed by atoms with Gasteiger partial charge in [-0.1, -0.05) is 13.0 Å². The molecule has 0 heterocycles. The predicted molar refractivity (Wildman–Crippen MR) is 79.0 cm³/mol. The Morgan fingerprint density at radius 3 is 2.62 bits per heavy atom. The van der Waals surface area contributed by atoms with Crippen LogP contribution in [0.1, 0.15) is 19.4 Å². The van der Waals surface area contributed by atoms with Crippen LogP contribution < -0.4 is 4.90 Å². The number of hydrogen-bond donors (Lipinski definition) is 1. The summed E-state index contributed by atoms with van der Waals surface area (Å²) < 4.78 is 0. The highest BCUT2D eigenvalue weighted by molar-refractivity contribution is 5.91. The van der Waals surface area contributed by atoms with Crippen LogP contribution in [-0.2, 0) is 4.79 Å². The van der Waals surface area contributed by atoms with E-state index in [9.17, 15) is 9.59 Å². The lowest BCUT2D eigenvalue weighted by molar-refractivity contribution is -0.141. The van der Waals surface area contributed by atoms with Crippen molar-refractivity contribution >= 4 is 17.7 Å². The second-order valence-electron chi connectivity index (χ2n) is 4.78. The number of nitriles is 1. The van der Waals surface area contributed by atoms with E-state index in [2.05, 4.69) is 0 Å². The van der Waals surface area contributed by atoms with Gasteiger partial charge in [-0.25, -0.2) is 4.79 Å². The number of aliphatic carboxylic acids is 1. The Labute approximate surface area is 124 Å². The highest BCUT2D eigenvalue weighted by Gasteiger charge is 2.22. The summed E-state index contributed by atoms with van der Waals surface area (Å²) in [6.07, 6.45) is 0. The third-order valence-electron chi connectivity index (χ3n) is 3.22. The zero-order valence-corrected chi connectivity index (χ0v) is 12.4. The molecule has 2 amide bonds. The fraction of sp³-hybridized carbons (Fsp3) is 0.400. The number of hydrogen-bond acceptors (Lipinski definition) is 3. The Bertz CT molecular complexity index is 566. The van der Waals surface area contributed by atoms with E-state index in [-0.39, 0.29) is 12.6 Å². The molecular formula is C15H19N3O3. The summed E-state index contributed by atoms with van der Waals surface area (Å²) in [4.78, 5) is 26.2. The van der Waals surface area contributed by atoms with Gasteiger partial charge in [-0.15, -0.1) is 0 Å². The van der Waals surface area contributed by atoms with Crippen molar-refractivity contribution < 1.29 is 14.7 Å². The molecule has 112 valence electrons. The molecule has 1 aromatic rings. The molecule has 0 spiro atoms. The van der Waals surface area contributed by atoms with E-state index in [0.717, 1.165) is 0 Å². The predicted octanol–water partition coefficient (Wildman–Crippen LogP) is 2.16. The first kappa shape index (κ1) is 16.5. The van der Waals surface area contributed by atoms with Gasteiger partial charge in [-0.3, -0.25) is 9.69 Å². The molecule has 0 saturated carbocycles. The summed E-state index contributed by atoms with van der Waals surface area (Å²) in [5.41, 5.74) is 1.06. The van der Waals surface area contributed by atoms with Crippen LogP contribution in [0.15, 0.2) is 24.3 Å². The van der Waals surface area contributed by atoms with Crippen LogP contribution in [0, 0.1) is 17.2 Å². The maximum absolute atomic E-state index is 12.4. The number of nitrogens with zero attached hydrogens (tertiary/aromatic N) is 3. The zero-order chi connectivity index (χ0) is 16.0. The van der Waals surface area contributed by atoms with Gasteiger partial charge in [0.2, 0.25) is 0 Å². The van der Waals surface area contributed by atoms with Gasteiger partial charge in [0.15, 0.2) is 0 Å². The van der Waals surface area contributed by atoms with Crippen molar-refractivity contribution in [2.45, 2.75) is 13.8 Å². The Morgan fingerprint density at radius 2 is 2.10 bits per heavy atom. The van der Waals surface area contributed by atoms with Crippen molar-refractivity contribution in [2.24, 2.45) is 5.92 Å². The average Bonchev–Trinajstić information content (AvgIpc) is 2.50. The van der Waals surface area contributed by atoms with Gasteiger partial charge >= 0.3 is 12.0 Å². The Balaban J connectivity index is 2.88. The smallest absolute Gasteiger partial charge is 0.324 e. The molecule has 1 unspecified atom stereocenters. The highest BCUT2D eigenvalue weighted by Crippen LogP contribution is 2.16. The van der Waals surface area contributed by atoms with Gasteiger partial charge in [0, 0.05) is 25.8 Å². The molecule has 0 aliphatic carbocycles. The molecule has 0 bridgehead atoms. The molecule has 1 rings (SSSR count). The second-order valence-corrected chi connectivity index (χ2v) is 4.78. The second kappa shape index (κ2) is 7.29. The summed E-state index contributed by atoms with van der Waals surface area (Å²) in [6, 6.07) is 8.44. The van der Waals surface area contributed by atoms with Crippen LogP contribution in [0.25, 0.3) is 0 Å². The molecule has 0 aliphatic rings. The number of rotatable bonds is 5. The molecule has 21 heavy (non-hydrogen) atoms. The lowest BCUT2D eigenvalue weighted by Gasteiger charge is -2.28. The maximum Gasteiger partial charge on any atom is 0.324 e. The third-order valence-corrected chi connectivity index (χ3v) is 3.22. The number of carbonyl (C=O) groups excluding carboxylic acids is 1. The Hall–Kier alpha value is -2.55. The van der Waals surface area contributed by atoms with Gasteiger partial charge in [-0.05, 0) is 25.1 Å². The molecule has 1 aromatic carbocycles. The van der Waals surface area contributed by atoms with E-state index >= 15 is 0 Å². The van der Waals surface area contributed by atoms with Gasteiger partial charge in [-0.2, -0.15) is 5.26 Å². The zero-order valence-electron chi connectivity index (χ0n) is 12.4.